The van der Waals surface area contributed by atoms with Gasteiger partial charge in [0.2, 0.25) is 0 Å². The van der Waals surface area contributed by atoms with Crippen molar-refractivity contribution >= 4 is 12.6 Å². The van der Waals surface area contributed by atoms with Crippen molar-refractivity contribution in [1.29, 1.82) is 0 Å². The molecule has 0 aliphatic carbocycles. The molecule has 0 amide bonds. The van der Waals surface area contributed by atoms with E-state index in [-0.39, 0.29) is 0 Å². The summed E-state index contributed by atoms with van der Waals surface area (Å²) in [5, 5.41) is 0. The maximum absolute atomic E-state index is 5.62. The lowest BCUT2D eigenvalue weighted by molar-refractivity contribution is 0.286. The zero-order valence-corrected chi connectivity index (χ0v) is 10.0. The smallest absolute Gasteiger partial charge is 0.161 e. The van der Waals surface area contributed by atoms with E-state index in [1.54, 1.807) is 7.11 Å². The molecule has 0 bridgehead atoms. The first-order valence-electron chi connectivity index (χ1n) is 5.25. The molecule has 84 valence electrons. The number of benzene rings is 1. The molecule has 0 heterocycles. The molecule has 0 aliphatic rings. The molecule has 0 unspecified atom stereocenters. The molecule has 0 saturated carbocycles. The van der Waals surface area contributed by atoms with Crippen molar-refractivity contribution in [2.75, 3.05) is 19.5 Å². The van der Waals surface area contributed by atoms with E-state index in [4.69, 9.17) is 9.47 Å². The Morgan fingerprint density at radius 3 is 2.47 bits per heavy atom. The Hall–Kier alpha value is -0.830. The molecular formula is C12H18O2S. The third kappa shape index (κ3) is 4.47. The largest absolute Gasteiger partial charge is 0.493 e. The van der Waals surface area contributed by atoms with Crippen molar-refractivity contribution in [3.63, 3.8) is 0 Å². The molecule has 0 radical (unpaired) electrons. The van der Waals surface area contributed by atoms with E-state index in [1.165, 1.54) is 6.42 Å². The third-order valence-electron chi connectivity index (χ3n) is 2.13. The van der Waals surface area contributed by atoms with Gasteiger partial charge in [-0.15, -0.1) is 0 Å². The summed E-state index contributed by atoms with van der Waals surface area (Å²) in [6, 6.07) is 7.72. The van der Waals surface area contributed by atoms with Crippen LogP contribution in [0.25, 0.3) is 0 Å². The second-order valence-corrected chi connectivity index (χ2v) is 3.73. The number of hydrogen-bond donors (Lipinski definition) is 1. The Bertz CT molecular complexity index is 276. The summed E-state index contributed by atoms with van der Waals surface area (Å²) in [7, 11) is 1.66. The normalized spacial score (nSPS) is 10.0. The van der Waals surface area contributed by atoms with Gasteiger partial charge in [0.1, 0.15) is 0 Å². The summed E-state index contributed by atoms with van der Waals surface area (Å²) in [6.07, 6.45) is 3.38. The number of rotatable bonds is 7. The predicted octanol–water partition coefficient (Wildman–Crippen LogP) is 3.17. The molecule has 1 aromatic rings. The predicted molar refractivity (Wildman–Crippen MR) is 66.2 cm³/mol. The van der Waals surface area contributed by atoms with E-state index in [0.717, 1.165) is 36.7 Å². The molecule has 3 heteroatoms. The van der Waals surface area contributed by atoms with Gasteiger partial charge in [0.15, 0.2) is 11.5 Å². The highest BCUT2D eigenvalue weighted by Crippen LogP contribution is 2.25. The minimum atomic E-state index is 0.744. The van der Waals surface area contributed by atoms with Crippen LogP contribution in [0.5, 0.6) is 11.5 Å². The van der Waals surface area contributed by atoms with Crippen molar-refractivity contribution in [3.05, 3.63) is 24.3 Å². The van der Waals surface area contributed by atoms with E-state index in [0.29, 0.717) is 0 Å². The van der Waals surface area contributed by atoms with Crippen molar-refractivity contribution in [3.8, 4) is 11.5 Å². The van der Waals surface area contributed by atoms with Crippen LogP contribution in [-0.2, 0) is 0 Å². The fraction of sp³-hybridized carbons (Fsp3) is 0.500. The molecular weight excluding hydrogens is 208 g/mol. The fourth-order valence-corrected chi connectivity index (χ4v) is 1.53. The first kappa shape index (κ1) is 12.2. The molecule has 0 aliphatic heterocycles. The van der Waals surface area contributed by atoms with Crippen LogP contribution in [0, 0.1) is 0 Å². The maximum atomic E-state index is 5.62. The van der Waals surface area contributed by atoms with Crippen LogP contribution in [0.3, 0.4) is 0 Å². The van der Waals surface area contributed by atoms with Crippen LogP contribution in [0.2, 0.25) is 0 Å². The van der Waals surface area contributed by atoms with Crippen LogP contribution in [0.1, 0.15) is 19.3 Å². The zero-order valence-electron chi connectivity index (χ0n) is 9.11. The number of thiol groups is 1. The second-order valence-electron chi connectivity index (χ2n) is 3.28. The Kier molecular flexibility index (Phi) is 6.09. The van der Waals surface area contributed by atoms with Crippen LogP contribution in [0.15, 0.2) is 24.3 Å². The summed E-state index contributed by atoms with van der Waals surface area (Å²) in [4.78, 5) is 0. The fourth-order valence-electron chi connectivity index (χ4n) is 1.31. The quantitative estimate of drug-likeness (QED) is 0.568. The standard InChI is InChI=1S/C12H18O2S/c1-13-11-7-3-4-8-12(11)14-9-5-2-6-10-15/h3-4,7-8,15H,2,5-6,9-10H2,1H3. The lowest BCUT2D eigenvalue weighted by Crippen LogP contribution is -1.99. The van der Waals surface area contributed by atoms with Crippen LogP contribution in [0.4, 0.5) is 0 Å². The Labute approximate surface area is 97.0 Å². The monoisotopic (exact) mass is 226 g/mol. The zero-order chi connectivity index (χ0) is 10.9. The van der Waals surface area contributed by atoms with Crippen LogP contribution in [-0.4, -0.2) is 19.5 Å². The topological polar surface area (TPSA) is 18.5 Å². The highest BCUT2D eigenvalue weighted by molar-refractivity contribution is 7.80. The van der Waals surface area contributed by atoms with Gasteiger partial charge in [-0.05, 0) is 37.1 Å². The van der Waals surface area contributed by atoms with Gasteiger partial charge >= 0.3 is 0 Å². The Morgan fingerprint density at radius 1 is 1.07 bits per heavy atom. The molecule has 0 fully saturated rings. The van der Waals surface area contributed by atoms with Gasteiger partial charge in [-0.3, -0.25) is 0 Å². The average molecular weight is 226 g/mol. The van der Waals surface area contributed by atoms with Crippen molar-refractivity contribution in [1.82, 2.24) is 0 Å². The lowest BCUT2D eigenvalue weighted by Gasteiger charge is -2.09. The van der Waals surface area contributed by atoms with E-state index in [1.807, 2.05) is 24.3 Å². The van der Waals surface area contributed by atoms with Gasteiger partial charge in [-0.1, -0.05) is 12.1 Å². The molecule has 1 rings (SSSR count). The van der Waals surface area contributed by atoms with Crippen molar-refractivity contribution in [2.24, 2.45) is 0 Å². The highest BCUT2D eigenvalue weighted by Gasteiger charge is 2.01. The molecule has 0 atom stereocenters. The minimum Gasteiger partial charge on any atom is -0.493 e. The molecule has 2 nitrogen and oxygen atoms in total. The van der Waals surface area contributed by atoms with Crippen LogP contribution >= 0.6 is 12.6 Å². The van der Waals surface area contributed by atoms with Gasteiger partial charge in [0, 0.05) is 0 Å². The first-order chi connectivity index (χ1) is 7.38. The summed E-state index contributed by atoms with van der Waals surface area (Å²) in [5.74, 6) is 2.58. The molecule has 15 heavy (non-hydrogen) atoms. The maximum Gasteiger partial charge on any atom is 0.161 e. The van der Waals surface area contributed by atoms with E-state index in [2.05, 4.69) is 12.6 Å². The highest BCUT2D eigenvalue weighted by atomic mass is 32.1. The molecule has 1 aromatic carbocycles. The summed E-state index contributed by atoms with van der Waals surface area (Å²) >= 11 is 4.16. The van der Waals surface area contributed by atoms with E-state index in [9.17, 15) is 0 Å². The molecule has 0 N–H and O–H groups in total. The van der Waals surface area contributed by atoms with Gasteiger partial charge < -0.3 is 9.47 Å². The van der Waals surface area contributed by atoms with Gasteiger partial charge in [0.05, 0.1) is 13.7 Å². The van der Waals surface area contributed by atoms with Gasteiger partial charge in [0.25, 0.3) is 0 Å². The summed E-state index contributed by atoms with van der Waals surface area (Å²) in [5.41, 5.74) is 0. The summed E-state index contributed by atoms with van der Waals surface area (Å²) in [6.45, 7) is 0.744. The van der Waals surface area contributed by atoms with E-state index >= 15 is 0 Å². The number of methoxy groups -OCH3 is 1. The SMILES string of the molecule is COc1ccccc1OCCCCCS. The van der Waals surface area contributed by atoms with E-state index < -0.39 is 0 Å². The first-order valence-corrected chi connectivity index (χ1v) is 5.88. The van der Waals surface area contributed by atoms with Gasteiger partial charge in [-0.25, -0.2) is 0 Å². The second kappa shape index (κ2) is 7.46. The van der Waals surface area contributed by atoms with Crippen molar-refractivity contribution in [2.45, 2.75) is 19.3 Å². The number of ether oxygens (including phenoxy) is 2. The molecule has 0 saturated heterocycles. The lowest BCUT2D eigenvalue weighted by atomic mass is 10.2. The molecule has 0 spiro atoms. The molecule has 0 aromatic heterocycles. The van der Waals surface area contributed by atoms with Gasteiger partial charge in [-0.2, -0.15) is 12.6 Å². The average Bonchev–Trinajstić information content (AvgIpc) is 2.29. The van der Waals surface area contributed by atoms with Crippen molar-refractivity contribution < 1.29 is 9.47 Å². The third-order valence-corrected chi connectivity index (χ3v) is 2.45. The Morgan fingerprint density at radius 2 is 1.80 bits per heavy atom. The number of unbranched alkanes of at least 4 members (excludes halogenated alkanes) is 2. The number of para-hydroxylation sites is 2. The minimum absolute atomic E-state index is 0.744. The van der Waals surface area contributed by atoms with Crippen LogP contribution < -0.4 is 9.47 Å². The number of hydrogen-bond acceptors (Lipinski definition) is 3. The Balaban J connectivity index is 2.30. The summed E-state index contributed by atoms with van der Waals surface area (Å²) < 4.78 is 10.8.